The van der Waals surface area contributed by atoms with E-state index < -0.39 is 5.82 Å². The summed E-state index contributed by atoms with van der Waals surface area (Å²) >= 11 is 4.41. The lowest BCUT2D eigenvalue weighted by Crippen LogP contribution is -2.32. The van der Waals surface area contributed by atoms with Crippen LogP contribution in [-0.2, 0) is 4.79 Å². The maximum absolute atomic E-state index is 14.0. The van der Waals surface area contributed by atoms with E-state index in [1.165, 1.54) is 19.1 Å². The monoisotopic (exact) mass is 410 g/mol. The Morgan fingerprint density at radius 2 is 2.04 bits per heavy atom. The molecule has 126 valence electrons. The van der Waals surface area contributed by atoms with Crippen molar-refractivity contribution < 1.29 is 14.0 Å². The van der Waals surface area contributed by atoms with E-state index >= 15 is 0 Å². The fourth-order valence-electron chi connectivity index (χ4n) is 2.05. The number of aromatic nitrogens is 1. The molecular formula is C17H16BrFN2O2S. The molecule has 0 atom stereocenters. The van der Waals surface area contributed by atoms with Crippen molar-refractivity contribution >= 4 is 45.2 Å². The Kier molecular flexibility index (Phi) is 6.51. The van der Waals surface area contributed by atoms with Gasteiger partial charge in [-0.15, -0.1) is 11.8 Å². The summed E-state index contributed by atoms with van der Waals surface area (Å²) in [5.41, 5.74) is 0.317. The van der Waals surface area contributed by atoms with Crippen molar-refractivity contribution in [1.82, 2.24) is 4.98 Å². The molecule has 0 spiro atoms. The molecule has 4 nitrogen and oxygen atoms in total. The van der Waals surface area contributed by atoms with Crippen molar-refractivity contribution in [3.8, 4) is 0 Å². The minimum atomic E-state index is -0.495. The summed E-state index contributed by atoms with van der Waals surface area (Å²) in [6.07, 6.45) is 1.62. The number of carbonyl (C=O) groups is 2. The molecule has 2 rings (SSSR count). The van der Waals surface area contributed by atoms with Crippen LogP contribution in [0.1, 0.15) is 24.2 Å². The quantitative estimate of drug-likeness (QED) is 0.525. The van der Waals surface area contributed by atoms with Crippen LogP contribution in [0.25, 0.3) is 0 Å². The molecule has 1 aromatic carbocycles. The lowest BCUT2D eigenvalue weighted by molar-refractivity contribution is -0.116. The van der Waals surface area contributed by atoms with Gasteiger partial charge in [0.1, 0.15) is 11.6 Å². The van der Waals surface area contributed by atoms with Crippen LogP contribution in [0.3, 0.4) is 0 Å². The molecule has 2 aromatic rings. The lowest BCUT2D eigenvalue weighted by Gasteiger charge is -2.19. The van der Waals surface area contributed by atoms with Crippen LogP contribution >= 0.6 is 27.7 Å². The number of thioether (sulfide) groups is 1. The van der Waals surface area contributed by atoms with E-state index in [2.05, 4.69) is 20.9 Å². The van der Waals surface area contributed by atoms with E-state index in [1.54, 1.807) is 23.2 Å². The molecule has 1 amide bonds. The van der Waals surface area contributed by atoms with Gasteiger partial charge in [-0.05, 0) is 54.0 Å². The number of benzene rings is 1. The highest BCUT2D eigenvalue weighted by molar-refractivity contribution is 9.10. The van der Waals surface area contributed by atoms with Gasteiger partial charge in [-0.1, -0.05) is 6.07 Å². The molecule has 0 unspecified atom stereocenters. The fraction of sp³-hybridized carbons (Fsp3) is 0.235. The summed E-state index contributed by atoms with van der Waals surface area (Å²) < 4.78 is 14.8. The van der Waals surface area contributed by atoms with Crippen molar-refractivity contribution in [3.63, 3.8) is 0 Å². The van der Waals surface area contributed by atoms with E-state index in [9.17, 15) is 14.0 Å². The topological polar surface area (TPSA) is 50.3 Å². The van der Waals surface area contributed by atoms with Crippen molar-refractivity contribution in [2.45, 2.75) is 18.7 Å². The lowest BCUT2D eigenvalue weighted by atomic mass is 10.1. The highest BCUT2D eigenvalue weighted by atomic mass is 79.9. The number of anilines is 1. The third-order valence-electron chi connectivity index (χ3n) is 3.30. The minimum Gasteiger partial charge on any atom is -0.296 e. The molecule has 0 radical (unpaired) electrons. The Hall–Kier alpha value is -1.73. The van der Waals surface area contributed by atoms with Gasteiger partial charge in [-0.3, -0.25) is 14.5 Å². The highest BCUT2D eigenvalue weighted by Crippen LogP contribution is 2.24. The van der Waals surface area contributed by atoms with Crippen LogP contribution in [0.5, 0.6) is 0 Å². The van der Waals surface area contributed by atoms with Crippen molar-refractivity contribution in [2.24, 2.45) is 0 Å². The third-order valence-corrected chi connectivity index (χ3v) is 4.80. The molecule has 7 heteroatoms. The second-order valence-corrected chi connectivity index (χ2v) is 6.90. The summed E-state index contributed by atoms with van der Waals surface area (Å²) in [5.74, 6) is -0.210. The predicted molar refractivity (Wildman–Crippen MR) is 97.1 cm³/mol. The number of hydrogen-bond donors (Lipinski definition) is 0. The highest BCUT2D eigenvalue weighted by Gasteiger charge is 2.16. The van der Waals surface area contributed by atoms with Crippen molar-refractivity contribution in [2.75, 3.05) is 17.2 Å². The van der Waals surface area contributed by atoms with Crippen molar-refractivity contribution in [3.05, 3.63) is 52.4 Å². The Labute approximate surface area is 152 Å². The zero-order valence-corrected chi connectivity index (χ0v) is 15.7. The summed E-state index contributed by atoms with van der Waals surface area (Å²) in [4.78, 5) is 29.7. The van der Waals surface area contributed by atoms with Gasteiger partial charge in [0, 0.05) is 27.7 Å². The van der Waals surface area contributed by atoms with Gasteiger partial charge in [-0.2, -0.15) is 0 Å². The maximum atomic E-state index is 14.0. The van der Waals surface area contributed by atoms with Gasteiger partial charge in [0.15, 0.2) is 5.78 Å². The van der Waals surface area contributed by atoms with E-state index in [4.69, 9.17) is 0 Å². The van der Waals surface area contributed by atoms with Crippen LogP contribution in [0.15, 0.2) is 45.9 Å². The molecule has 0 N–H and O–H groups in total. The number of ketones is 1. The minimum absolute atomic E-state index is 0.0852. The zero-order valence-electron chi connectivity index (χ0n) is 13.3. The number of carbonyl (C=O) groups excluding carboxylic acids is 2. The number of Topliss-reactive ketones (excluding diaryl/α,β-unsaturated/α-hetero) is 1. The summed E-state index contributed by atoms with van der Waals surface area (Å²) in [6.45, 7) is 3.71. The molecule has 1 heterocycles. The molecule has 0 fully saturated rings. The van der Waals surface area contributed by atoms with Crippen LogP contribution in [0, 0.1) is 5.82 Å². The first-order valence-electron chi connectivity index (χ1n) is 7.27. The normalized spacial score (nSPS) is 10.5. The number of hydrogen-bond acceptors (Lipinski definition) is 4. The van der Waals surface area contributed by atoms with Crippen LogP contribution in [0.2, 0.25) is 0 Å². The van der Waals surface area contributed by atoms with E-state index in [0.717, 1.165) is 16.2 Å². The molecule has 0 aliphatic rings. The van der Waals surface area contributed by atoms with E-state index in [-0.39, 0.29) is 17.4 Å². The molecule has 24 heavy (non-hydrogen) atoms. The summed E-state index contributed by atoms with van der Waals surface area (Å²) in [6, 6.07) is 7.84. The van der Waals surface area contributed by atoms with Gasteiger partial charge in [0.25, 0.3) is 0 Å². The average molecular weight is 411 g/mol. The molecule has 0 saturated carbocycles. The number of halogens is 2. The number of nitrogens with zero attached hydrogens (tertiary/aromatic N) is 2. The standard InChI is InChI=1S/C17H16BrFN2O2S/c1-3-21(16-7-5-13(18)9-20-16)17(23)10-24-15-6-4-12(11(2)22)8-14(15)19/h4-9H,3,10H2,1-2H3. The zero-order chi connectivity index (χ0) is 17.7. The van der Waals surface area contributed by atoms with Gasteiger partial charge in [0.2, 0.25) is 5.91 Å². The van der Waals surface area contributed by atoms with Gasteiger partial charge in [0.05, 0.1) is 5.75 Å². The fourth-order valence-corrected chi connectivity index (χ4v) is 3.08. The number of pyridine rings is 1. The predicted octanol–water partition coefficient (Wildman–Crippen LogP) is 4.33. The molecule has 1 aromatic heterocycles. The Bertz CT molecular complexity index is 753. The molecule has 0 aliphatic heterocycles. The van der Waals surface area contributed by atoms with Crippen LogP contribution < -0.4 is 4.90 Å². The average Bonchev–Trinajstić information content (AvgIpc) is 2.56. The summed E-state index contributed by atoms with van der Waals surface area (Å²) in [7, 11) is 0. The number of amides is 1. The van der Waals surface area contributed by atoms with Crippen molar-refractivity contribution in [1.29, 1.82) is 0 Å². The molecule has 0 saturated heterocycles. The van der Waals surface area contributed by atoms with Crippen LogP contribution in [-0.4, -0.2) is 29.0 Å². The second-order valence-electron chi connectivity index (χ2n) is 4.96. The first-order valence-corrected chi connectivity index (χ1v) is 9.05. The SMILES string of the molecule is CCN(C(=O)CSc1ccc(C(C)=O)cc1F)c1ccc(Br)cn1. The van der Waals surface area contributed by atoms with E-state index in [0.29, 0.717) is 22.8 Å². The Balaban J connectivity index is 2.06. The van der Waals surface area contributed by atoms with Gasteiger partial charge >= 0.3 is 0 Å². The summed E-state index contributed by atoms with van der Waals surface area (Å²) in [5, 5.41) is 0. The maximum Gasteiger partial charge on any atom is 0.238 e. The largest absolute Gasteiger partial charge is 0.296 e. The van der Waals surface area contributed by atoms with Crippen LogP contribution in [0.4, 0.5) is 10.2 Å². The number of rotatable bonds is 6. The molecule has 0 bridgehead atoms. The first-order chi connectivity index (χ1) is 11.4. The first kappa shape index (κ1) is 18.6. The second kappa shape index (κ2) is 8.39. The van der Waals surface area contributed by atoms with Gasteiger partial charge in [-0.25, -0.2) is 9.37 Å². The van der Waals surface area contributed by atoms with E-state index in [1.807, 2.05) is 13.0 Å². The Morgan fingerprint density at radius 3 is 2.58 bits per heavy atom. The molecule has 0 aliphatic carbocycles. The van der Waals surface area contributed by atoms with Gasteiger partial charge < -0.3 is 0 Å². The third kappa shape index (κ3) is 4.64. The Morgan fingerprint density at radius 1 is 1.29 bits per heavy atom. The molecular weight excluding hydrogens is 395 g/mol. The smallest absolute Gasteiger partial charge is 0.238 e.